The van der Waals surface area contributed by atoms with E-state index in [2.05, 4.69) is 21.3 Å². The standard InChI is InChI=1S/C8H13N3/c1-9-4-7-5-10-11(6-7)8-2-3-8/h5-6,8-9H,2-4H2,1H3. The Bertz CT molecular complexity index is 237. The van der Waals surface area contributed by atoms with Gasteiger partial charge in [-0.3, -0.25) is 4.68 Å². The quantitative estimate of drug-likeness (QED) is 0.696. The Morgan fingerprint density at radius 1 is 1.73 bits per heavy atom. The zero-order chi connectivity index (χ0) is 7.68. The molecule has 1 aromatic heterocycles. The van der Waals surface area contributed by atoms with Gasteiger partial charge in [-0.15, -0.1) is 0 Å². The summed E-state index contributed by atoms with van der Waals surface area (Å²) >= 11 is 0. The van der Waals surface area contributed by atoms with Gasteiger partial charge in [-0.25, -0.2) is 0 Å². The normalized spacial score (nSPS) is 17.2. The highest BCUT2D eigenvalue weighted by Gasteiger charge is 2.23. The van der Waals surface area contributed by atoms with E-state index in [0.717, 1.165) is 6.54 Å². The summed E-state index contributed by atoms with van der Waals surface area (Å²) in [7, 11) is 1.95. The van der Waals surface area contributed by atoms with Gasteiger partial charge >= 0.3 is 0 Å². The Morgan fingerprint density at radius 2 is 2.55 bits per heavy atom. The molecule has 3 heteroatoms. The third kappa shape index (κ3) is 1.43. The van der Waals surface area contributed by atoms with Crippen molar-refractivity contribution in [1.29, 1.82) is 0 Å². The number of aromatic nitrogens is 2. The lowest BCUT2D eigenvalue weighted by atomic mass is 10.4. The van der Waals surface area contributed by atoms with E-state index >= 15 is 0 Å². The minimum atomic E-state index is 0.709. The molecular weight excluding hydrogens is 138 g/mol. The molecule has 0 atom stereocenters. The number of nitrogens with zero attached hydrogens (tertiary/aromatic N) is 2. The van der Waals surface area contributed by atoms with Gasteiger partial charge < -0.3 is 5.32 Å². The molecule has 0 bridgehead atoms. The van der Waals surface area contributed by atoms with E-state index in [9.17, 15) is 0 Å². The van der Waals surface area contributed by atoms with E-state index in [1.54, 1.807) is 0 Å². The van der Waals surface area contributed by atoms with Crippen LogP contribution in [0.3, 0.4) is 0 Å². The Hall–Kier alpha value is -0.830. The van der Waals surface area contributed by atoms with Gasteiger partial charge in [-0.05, 0) is 19.9 Å². The second-order valence-corrected chi connectivity index (χ2v) is 3.09. The molecule has 3 nitrogen and oxygen atoms in total. The third-order valence-electron chi connectivity index (χ3n) is 1.96. The number of rotatable bonds is 3. The highest BCUT2D eigenvalue weighted by molar-refractivity contribution is 5.05. The van der Waals surface area contributed by atoms with Crippen LogP contribution in [0.15, 0.2) is 12.4 Å². The smallest absolute Gasteiger partial charge is 0.0534 e. The average molecular weight is 151 g/mol. The Labute approximate surface area is 66.4 Å². The molecule has 0 saturated heterocycles. The number of hydrogen-bond acceptors (Lipinski definition) is 2. The molecule has 60 valence electrons. The Balaban J connectivity index is 2.06. The third-order valence-corrected chi connectivity index (χ3v) is 1.96. The molecule has 1 N–H and O–H groups in total. The van der Waals surface area contributed by atoms with Crippen LogP contribution in [-0.2, 0) is 6.54 Å². The summed E-state index contributed by atoms with van der Waals surface area (Å²) in [5.74, 6) is 0. The van der Waals surface area contributed by atoms with Crippen LogP contribution >= 0.6 is 0 Å². The van der Waals surface area contributed by atoms with Crippen LogP contribution in [-0.4, -0.2) is 16.8 Å². The molecule has 0 spiro atoms. The predicted molar refractivity (Wildman–Crippen MR) is 43.3 cm³/mol. The van der Waals surface area contributed by atoms with Gasteiger partial charge in [0, 0.05) is 18.3 Å². The van der Waals surface area contributed by atoms with Crippen molar-refractivity contribution in [2.75, 3.05) is 7.05 Å². The van der Waals surface area contributed by atoms with Gasteiger partial charge in [-0.2, -0.15) is 5.10 Å². The van der Waals surface area contributed by atoms with Crippen molar-refractivity contribution in [3.8, 4) is 0 Å². The molecule has 0 radical (unpaired) electrons. The molecule has 1 aromatic rings. The van der Waals surface area contributed by atoms with Crippen LogP contribution in [0.2, 0.25) is 0 Å². The summed E-state index contributed by atoms with van der Waals surface area (Å²) in [5.41, 5.74) is 1.28. The molecule has 11 heavy (non-hydrogen) atoms. The monoisotopic (exact) mass is 151 g/mol. The van der Waals surface area contributed by atoms with E-state index < -0.39 is 0 Å². The summed E-state index contributed by atoms with van der Waals surface area (Å²) < 4.78 is 2.08. The van der Waals surface area contributed by atoms with Crippen LogP contribution in [0, 0.1) is 0 Å². The molecule has 2 rings (SSSR count). The first kappa shape index (κ1) is 6.85. The van der Waals surface area contributed by atoms with E-state index in [1.807, 2.05) is 13.2 Å². The minimum Gasteiger partial charge on any atom is -0.316 e. The molecular formula is C8H13N3. The molecule has 1 fully saturated rings. The molecule has 1 heterocycles. The topological polar surface area (TPSA) is 29.9 Å². The van der Waals surface area contributed by atoms with Crippen molar-refractivity contribution >= 4 is 0 Å². The lowest BCUT2D eigenvalue weighted by molar-refractivity contribution is 0.640. The molecule has 0 unspecified atom stereocenters. The highest BCUT2D eigenvalue weighted by Crippen LogP contribution is 2.33. The molecule has 1 saturated carbocycles. The van der Waals surface area contributed by atoms with Crippen molar-refractivity contribution in [1.82, 2.24) is 15.1 Å². The van der Waals surface area contributed by atoms with Crippen molar-refractivity contribution < 1.29 is 0 Å². The first-order valence-electron chi connectivity index (χ1n) is 4.08. The van der Waals surface area contributed by atoms with E-state index in [0.29, 0.717) is 6.04 Å². The minimum absolute atomic E-state index is 0.709. The molecule has 0 amide bonds. The highest BCUT2D eigenvalue weighted by atomic mass is 15.3. The Kier molecular flexibility index (Phi) is 1.66. The first-order valence-corrected chi connectivity index (χ1v) is 4.08. The average Bonchev–Trinajstić information content (AvgIpc) is 2.75. The summed E-state index contributed by atoms with van der Waals surface area (Å²) in [6.07, 6.45) is 6.68. The van der Waals surface area contributed by atoms with Crippen LogP contribution in [0.25, 0.3) is 0 Å². The molecule has 0 aromatic carbocycles. The van der Waals surface area contributed by atoms with Gasteiger partial charge in [0.2, 0.25) is 0 Å². The number of nitrogens with one attached hydrogen (secondary N) is 1. The van der Waals surface area contributed by atoms with E-state index in [1.165, 1.54) is 18.4 Å². The lowest BCUT2D eigenvalue weighted by Gasteiger charge is -1.94. The van der Waals surface area contributed by atoms with E-state index in [4.69, 9.17) is 0 Å². The summed E-state index contributed by atoms with van der Waals surface area (Å²) in [6, 6.07) is 0.709. The second-order valence-electron chi connectivity index (χ2n) is 3.09. The zero-order valence-corrected chi connectivity index (χ0v) is 6.75. The summed E-state index contributed by atoms with van der Waals surface area (Å²) in [6.45, 7) is 0.923. The maximum Gasteiger partial charge on any atom is 0.0534 e. The van der Waals surface area contributed by atoms with Gasteiger partial charge in [0.25, 0.3) is 0 Å². The van der Waals surface area contributed by atoms with Crippen molar-refractivity contribution in [3.63, 3.8) is 0 Å². The van der Waals surface area contributed by atoms with Crippen molar-refractivity contribution in [2.24, 2.45) is 0 Å². The van der Waals surface area contributed by atoms with Gasteiger partial charge in [-0.1, -0.05) is 0 Å². The maximum absolute atomic E-state index is 4.27. The largest absolute Gasteiger partial charge is 0.316 e. The van der Waals surface area contributed by atoms with E-state index in [-0.39, 0.29) is 0 Å². The van der Waals surface area contributed by atoms with Crippen LogP contribution in [0.4, 0.5) is 0 Å². The van der Waals surface area contributed by atoms with Crippen molar-refractivity contribution in [3.05, 3.63) is 18.0 Å². The molecule has 0 aliphatic heterocycles. The molecule has 1 aliphatic rings. The van der Waals surface area contributed by atoms with Crippen LogP contribution in [0.5, 0.6) is 0 Å². The van der Waals surface area contributed by atoms with Crippen molar-refractivity contribution in [2.45, 2.75) is 25.4 Å². The maximum atomic E-state index is 4.27. The fourth-order valence-electron chi connectivity index (χ4n) is 1.21. The fraction of sp³-hybridized carbons (Fsp3) is 0.625. The second kappa shape index (κ2) is 2.66. The predicted octanol–water partition coefficient (Wildman–Crippen LogP) is 0.937. The van der Waals surface area contributed by atoms with Gasteiger partial charge in [0.15, 0.2) is 0 Å². The summed E-state index contributed by atoms with van der Waals surface area (Å²) in [4.78, 5) is 0. The summed E-state index contributed by atoms with van der Waals surface area (Å²) in [5, 5.41) is 7.38. The van der Waals surface area contributed by atoms with Crippen LogP contribution < -0.4 is 5.32 Å². The SMILES string of the molecule is CNCc1cnn(C2CC2)c1. The van der Waals surface area contributed by atoms with Gasteiger partial charge in [0.1, 0.15) is 0 Å². The Morgan fingerprint density at radius 3 is 3.18 bits per heavy atom. The first-order chi connectivity index (χ1) is 5.40. The van der Waals surface area contributed by atoms with Gasteiger partial charge in [0.05, 0.1) is 12.2 Å². The number of hydrogen-bond donors (Lipinski definition) is 1. The fourth-order valence-corrected chi connectivity index (χ4v) is 1.21. The van der Waals surface area contributed by atoms with Crippen LogP contribution in [0.1, 0.15) is 24.4 Å². The lowest BCUT2D eigenvalue weighted by Crippen LogP contribution is -2.03. The molecule has 1 aliphatic carbocycles. The zero-order valence-electron chi connectivity index (χ0n) is 6.75.